The Morgan fingerprint density at radius 3 is 2.62 bits per heavy atom. The van der Waals surface area contributed by atoms with Crippen molar-refractivity contribution in [2.75, 3.05) is 20.1 Å². The van der Waals surface area contributed by atoms with E-state index in [4.69, 9.17) is 0 Å². The van der Waals surface area contributed by atoms with Crippen molar-refractivity contribution in [3.05, 3.63) is 0 Å². The van der Waals surface area contributed by atoms with Crippen LogP contribution in [0.25, 0.3) is 0 Å². The monoisotopic (exact) mass is 238 g/mol. The van der Waals surface area contributed by atoms with Crippen LogP contribution in [0.15, 0.2) is 0 Å². The van der Waals surface area contributed by atoms with E-state index >= 15 is 0 Å². The number of nitrogens with one attached hydrogen (secondary N) is 1. The Bertz CT molecular complexity index is 200. The number of halogens is 3. The summed E-state index contributed by atoms with van der Waals surface area (Å²) in [6.07, 6.45) is -2.72. The van der Waals surface area contributed by atoms with Gasteiger partial charge >= 0.3 is 6.18 Å². The zero-order valence-electron chi connectivity index (χ0n) is 9.98. The zero-order chi connectivity index (χ0) is 12.2. The highest BCUT2D eigenvalue weighted by Gasteiger charge is 2.28. The van der Waals surface area contributed by atoms with Gasteiger partial charge in [-0.1, -0.05) is 0 Å². The molecule has 1 rings (SSSR count). The molecule has 0 amide bonds. The van der Waals surface area contributed by atoms with E-state index in [-0.39, 0.29) is 12.5 Å². The van der Waals surface area contributed by atoms with E-state index in [1.807, 2.05) is 14.0 Å². The molecule has 0 aromatic rings. The molecule has 1 N–H and O–H groups in total. The maximum atomic E-state index is 12.0. The molecule has 16 heavy (non-hydrogen) atoms. The van der Waals surface area contributed by atoms with Gasteiger partial charge in [-0.15, -0.1) is 0 Å². The van der Waals surface area contributed by atoms with Crippen molar-refractivity contribution < 1.29 is 13.2 Å². The van der Waals surface area contributed by atoms with Gasteiger partial charge in [-0.25, -0.2) is 0 Å². The molecule has 0 aromatic heterocycles. The van der Waals surface area contributed by atoms with Crippen LogP contribution in [0, 0.1) is 0 Å². The highest BCUT2D eigenvalue weighted by Crippen LogP contribution is 2.23. The van der Waals surface area contributed by atoms with Gasteiger partial charge < -0.3 is 5.32 Å². The van der Waals surface area contributed by atoms with Crippen molar-refractivity contribution in [2.45, 2.75) is 50.9 Å². The topological polar surface area (TPSA) is 15.3 Å². The Morgan fingerprint density at radius 2 is 2.12 bits per heavy atom. The highest BCUT2D eigenvalue weighted by atomic mass is 19.4. The molecule has 1 saturated heterocycles. The van der Waals surface area contributed by atoms with Crippen LogP contribution in [0.5, 0.6) is 0 Å². The lowest BCUT2D eigenvalue weighted by molar-refractivity contribution is -0.136. The number of hydrogen-bond donors (Lipinski definition) is 1. The molecule has 1 fully saturated rings. The third kappa shape index (κ3) is 4.70. The normalized spacial score (nSPS) is 24.0. The molecule has 96 valence electrons. The van der Waals surface area contributed by atoms with Crippen molar-refractivity contribution in [1.29, 1.82) is 0 Å². The van der Waals surface area contributed by atoms with E-state index in [0.717, 1.165) is 19.5 Å². The molecule has 1 aliphatic heterocycles. The van der Waals surface area contributed by atoms with Crippen LogP contribution in [0.3, 0.4) is 0 Å². The van der Waals surface area contributed by atoms with Gasteiger partial charge in [0.05, 0.1) is 0 Å². The van der Waals surface area contributed by atoms with Crippen molar-refractivity contribution >= 4 is 0 Å². The summed E-state index contributed by atoms with van der Waals surface area (Å²) in [5, 5.41) is 3.27. The largest absolute Gasteiger partial charge is 0.389 e. The lowest BCUT2D eigenvalue weighted by Crippen LogP contribution is -2.39. The molecular formula is C11H21F3N2. The standard InChI is InChI=1S/C11H21F3N2/c1-9(4-3-6-11(12,13)14)16(2)10-5-7-15-8-10/h9-10,15H,3-8H2,1-2H3. The molecular weight excluding hydrogens is 217 g/mol. The Labute approximate surface area is 95.2 Å². The second kappa shape index (κ2) is 5.87. The fourth-order valence-electron chi connectivity index (χ4n) is 2.15. The van der Waals surface area contributed by atoms with E-state index in [0.29, 0.717) is 12.5 Å². The SMILES string of the molecule is CC(CCCC(F)(F)F)N(C)C1CCNC1. The summed E-state index contributed by atoms with van der Waals surface area (Å²) in [6, 6.07) is 0.716. The van der Waals surface area contributed by atoms with E-state index in [9.17, 15) is 13.2 Å². The van der Waals surface area contributed by atoms with Crippen LogP contribution < -0.4 is 5.32 Å². The molecule has 1 aliphatic rings. The maximum absolute atomic E-state index is 12.0. The van der Waals surface area contributed by atoms with Gasteiger partial charge in [-0.2, -0.15) is 13.2 Å². The zero-order valence-corrected chi connectivity index (χ0v) is 9.98. The molecule has 0 aliphatic carbocycles. The molecule has 0 saturated carbocycles. The Balaban J connectivity index is 2.20. The summed E-state index contributed by atoms with van der Waals surface area (Å²) in [5.74, 6) is 0. The molecule has 0 bridgehead atoms. The quantitative estimate of drug-likeness (QED) is 0.791. The minimum Gasteiger partial charge on any atom is -0.315 e. The van der Waals surface area contributed by atoms with Gasteiger partial charge in [0.25, 0.3) is 0 Å². The van der Waals surface area contributed by atoms with Crippen molar-refractivity contribution in [3.8, 4) is 0 Å². The number of nitrogens with zero attached hydrogens (tertiary/aromatic N) is 1. The Morgan fingerprint density at radius 1 is 1.44 bits per heavy atom. The van der Waals surface area contributed by atoms with Crippen molar-refractivity contribution in [2.24, 2.45) is 0 Å². The maximum Gasteiger partial charge on any atom is 0.389 e. The predicted molar refractivity (Wildman–Crippen MR) is 58.4 cm³/mol. The fraction of sp³-hybridized carbons (Fsp3) is 1.00. The second-order valence-electron chi connectivity index (χ2n) is 4.67. The summed E-state index contributed by atoms with van der Waals surface area (Å²) in [5.41, 5.74) is 0. The van der Waals surface area contributed by atoms with Crippen LogP contribution in [0.2, 0.25) is 0 Å². The molecule has 2 unspecified atom stereocenters. The average molecular weight is 238 g/mol. The highest BCUT2D eigenvalue weighted by molar-refractivity contribution is 4.81. The minimum absolute atomic E-state index is 0.229. The van der Waals surface area contributed by atoms with Crippen LogP contribution in [-0.2, 0) is 0 Å². The number of rotatable bonds is 5. The summed E-state index contributed by atoms with van der Waals surface area (Å²) in [4.78, 5) is 2.20. The smallest absolute Gasteiger partial charge is 0.315 e. The first-order chi connectivity index (χ1) is 7.40. The van der Waals surface area contributed by atoms with Crippen LogP contribution >= 0.6 is 0 Å². The van der Waals surface area contributed by atoms with E-state index in [1.54, 1.807) is 0 Å². The van der Waals surface area contributed by atoms with Gasteiger partial charge in [-0.3, -0.25) is 4.90 Å². The third-order valence-corrected chi connectivity index (χ3v) is 3.39. The van der Waals surface area contributed by atoms with Gasteiger partial charge in [0.15, 0.2) is 0 Å². The molecule has 0 spiro atoms. The third-order valence-electron chi connectivity index (χ3n) is 3.39. The first-order valence-corrected chi connectivity index (χ1v) is 5.89. The summed E-state index contributed by atoms with van der Waals surface area (Å²) >= 11 is 0. The minimum atomic E-state index is -4.01. The second-order valence-corrected chi connectivity index (χ2v) is 4.67. The molecule has 0 radical (unpaired) electrons. The molecule has 2 atom stereocenters. The van der Waals surface area contributed by atoms with Gasteiger partial charge in [0.1, 0.15) is 0 Å². The lowest BCUT2D eigenvalue weighted by atomic mass is 10.1. The number of alkyl halides is 3. The Kier molecular flexibility index (Phi) is 5.05. The number of hydrogen-bond acceptors (Lipinski definition) is 2. The fourth-order valence-corrected chi connectivity index (χ4v) is 2.15. The number of likely N-dealkylation sites (N-methyl/N-ethyl adjacent to an activating group) is 1. The average Bonchev–Trinajstić information content (AvgIpc) is 2.67. The van der Waals surface area contributed by atoms with E-state index in [2.05, 4.69) is 10.2 Å². The molecule has 0 aromatic carbocycles. The summed E-state index contributed by atoms with van der Waals surface area (Å²) in [6.45, 7) is 3.99. The summed E-state index contributed by atoms with van der Waals surface area (Å²) < 4.78 is 36.0. The summed E-state index contributed by atoms with van der Waals surface area (Å²) in [7, 11) is 2.01. The van der Waals surface area contributed by atoms with E-state index < -0.39 is 12.6 Å². The van der Waals surface area contributed by atoms with Crippen molar-refractivity contribution in [1.82, 2.24) is 10.2 Å². The van der Waals surface area contributed by atoms with Crippen LogP contribution in [0.4, 0.5) is 13.2 Å². The molecule has 1 heterocycles. The first-order valence-electron chi connectivity index (χ1n) is 5.89. The molecule has 2 nitrogen and oxygen atoms in total. The first kappa shape index (κ1) is 13.8. The van der Waals surface area contributed by atoms with Crippen molar-refractivity contribution in [3.63, 3.8) is 0 Å². The van der Waals surface area contributed by atoms with Gasteiger partial charge in [0, 0.05) is 25.0 Å². The Hall–Kier alpha value is -0.290. The van der Waals surface area contributed by atoms with Crippen LogP contribution in [0.1, 0.15) is 32.6 Å². The van der Waals surface area contributed by atoms with Gasteiger partial charge in [0.2, 0.25) is 0 Å². The predicted octanol–water partition coefficient (Wildman–Crippen LogP) is 2.40. The molecule has 5 heteroatoms. The van der Waals surface area contributed by atoms with Gasteiger partial charge in [-0.05, 0) is 39.8 Å². The van der Waals surface area contributed by atoms with E-state index in [1.165, 1.54) is 0 Å². The van der Waals surface area contributed by atoms with Crippen LogP contribution in [-0.4, -0.2) is 43.3 Å². The lowest BCUT2D eigenvalue weighted by Gasteiger charge is -2.30.